The second-order valence-corrected chi connectivity index (χ2v) is 8.70. The lowest BCUT2D eigenvalue weighted by Crippen LogP contribution is -2.32. The van der Waals surface area contributed by atoms with E-state index < -0.39 is 29.3 Å². The van der Waals surface area contributed by atoms with Crippen LogP contribution in [0.3, 0.4) is 0 Å². The molecule has 1 N–H and O–H groups in total. The first-order valence-corrected chi connectivity index (χ1v) is 11.3. The maximum atomic E-state index is 13.6. The number of ketones is 1. The molecule has 1 atom stereocenters. The highest BCUT2D eigenvalue weighted by Gasteiger charge is 2.44. The number of rotatable bonds is 7. The van der Waals surface area contributed by atoms with Gasteiger partial charge >= 0.3 is 0 Å². The first-order chi connectivity index (χ1) is 15.4. The van der Waals surface area contributed by atoms with Gasteiger partial charge in [0.2, 0.25) is 5.78 Å². The minimum Gasteiger partial charge on any atom is -0.503 e. The van der Waals surface area contributed by atoms with E-state index in [4.69, 9.17) is 0 Å². The normalized spacial score (nSPS) is 16.2. The maximum Gasteiger partial charge on any atom is 0.290 e. The number of unbranched alkanes of at least 4 members (excludes halogenated alkanes) is 1. The second kappa shape index (κ2) is 9.04. The molecule has 0 saturated carbocycles. The number of aliphatic hydroxyl groups is 1. The molecule has 0 bridgehead atoms. The highest BCUT2D eigenvalue weighted by atomic mass is 32.1. The molecule has 164 valence electrons. The molecule has 0 fully saturated rings. The number of thiazole rings is 1. The fraction of sp³-hybridized carbons (Fsp3) is 0.240. The van der Waals surface area contributed by atoms with Gasteiger partial charge in [-0.1, -0.05) is 55.8 Å². The fourth-order valence-corrected chi connectivity index (χ4v) is 4.90. The summed E-state index contributed by atoms with van der Waals surface area (Å²) >= 11 is 1.23. The lowest BCUT2D eigenvalue weighted by atomic mass is 9.95. The second-order valence-electron chi connectivity index (χ2n) is 7.70. The zero-order valence-electron chi connectivity index (χ0n) is 17.8. The van der Waals surface area contributed by atoms with Gasteiger partial charge in [0, 0.05) is 12.1 Å². The molecule has 0 aliphatic carbocycles. The Bertz CT molecular complexity index is 1190. The van der Waals surface area contributed by atoms with Crippen molar-refractivity contribution in [1.82, 2.24) is 9.88 Å². The summed E-state index contributed by atoms with van der Waals surface area (Å²) < 4.78 is 13.5. The molecule has 1 unspecified atom stereocenters. The zero-order chi connectivity index (χ0) is 22.8. The number of halogens is 1. The first-order valence-electron chi connectivity index (χ1n) is 10.5. The van der Waals surface area contributed by atoms with Gasteiger partial charge < -0.3 is 10.0 Å². The summed E-state index contributed by atoms with van der Waals surface area (Å²) in [4.78, 5) is 32.9. The van der Waals surface area contributed by atoms with E-state index in [0.29, 0.717) is 27.7 Å². The van der Waals surface area contributed by atoms with Gasteiger partial charge in [0.1, 0.15) is 10.8 Å². The topological polar surface area (TPSA) is 70.5 Å². The first kappa shape index (κ1) is 21.9. The monoisotopic (exact) mass is 450 g/mol. The van der Waals surface area contributed by atoms with E-state index in [2.05, 4.69) is 4.98 Å². The van der Waals surface area contributed by atoms with Crippen LogP contribution in [-0.4, -0.2) is 33.2 Å². The van der Waals surface area contributed by atoms with Gasteiger partial charge in [-0.05, 0) is 31.0 Å². The third-order valence-electron chi connectivity index (χ3n) is 5.51. The molecule has 1 aliphatic rings. The van der Waals surface area contributed by atoms with E-state index in [1.54, 1.807) is 19.1 Å². The van der Waals surface area contributed by atoms with Crippen molar-refractivity contribution < 1.29 is 19.1 Å². The largest absolute Gasteiger partial charge is 0.503 e. The van der Waals surface area contributed by atoms with Crippen molar-refractivity contribution in [2.45, 2.75) is 32.7 Å². The molecule has 7 heteroatoms. The van der Waals surface area contributed by atoms with Crippen LogP contribution in [0, 0.1) is 12.7 Å². The Balaban J connectivity index is 1.77. The van der Waals surface area contributed by atoms with Crippen LogP contribution in [0.25, 0.3) is 10.6 Å². The average molecular weight is 451 g/mol. The number of carbonyl (C=O) groups is 2. The number of benzene rings is 2. The molecule has 0 radical (unpaired) electrons. The Morgan fingerprint density at radius 1 is 1.16 bits per heavy atom. The summed E-state index contributed by atoms with van der Waals surface area (Å²) in [6, 6.07) is 14.4. The minimum atomic E-state index is -0.774. The summed E-state index contributed by atoms with van der Waals surface area (Å²) in [5.41, 5.74) is 2.02. The fourth-order valence-electron chi connectivity index (χ4n) is 3.87. The summed E-state index contributed by atoms with van der Waals surface area (Å²) in [6.45, 7) is 4.13. The van der Waals surface area contributed by atoms with E-state index in [9.17, 15) is 19.1 Å². The van der Waals surface area contributed by atoms with Gasteiger partial charge in [-0.3, -0.25) is 9.59 Å². The number of hydrogen-bond acceptors (Lipinski definition) is 5. The Labute approximate surface area is 189 Å². The van der Waals surface area contributed by atoms with Crippen LogP contribution in [0.1, 0.15) is 46.7 Å². The minimum absolute atomic E-state index is 0.0177. The number of amides is 1. The van der Waals surface area contributed by atoms with E-state index in [1.165, 1.54) is 28.4 Å². The number of aliphatic hydroxyl groups excluding tert-OH is 1. The summed E-state index contributed by atoms with van der Waals surface area (Å²) in [5, 5.41) is 11.4. The van der Waals surface area contributed by atoms with Crippen molar-refractivity contribution >= 4 is 23.0 Å². The van der Waals surface area contributed by atoms with Gasteiger partial charge in [-0.25, -0.2) is 9.37 Å². The molecule has 1 amide bonds. The van der Waals surface area contributed by atoms with Crippen molar-refractivity contribution in [3.05, 3.63) is 87.9 Å². The summed E-state index contributed by atoms with van der Waals surface area (Å²) in [5.74, 6) is -1.97. The molecular formula is C25H23FN2O3S. The number of hydrogen-bond donors (Lipinski definition) is 1. The molecule has 2 aromatic carbocycles. The van der Waals surface area contributed by atoms with Crippen molar-refractivity contribution in [3.63, 3.8) is 0 Å². The van der Waals surface area contributed by atoms with Gasteiger partial charge in [0.25, 0.3) is 5.91 Å². The van der Waals surface area contributed by atoms with Crippen molar-refractivity contribution in [3.8, 4) is 10.6 Å². The lowest BCUT2D eigenvalue weighted by molar-refractivity contribution is -0.129. The Kier molecular flexibility index (Phi) is 6.19. The van der Waals surface area contributed by atoms with Crippen LogP contribution < -0.4 is 0 Å². The van der Waals surface area contributed by atoms with Crippen molar-refractivity contribution in [2.75, 3.05) is 6.54 Å². The molecule has 0 saturated heterocycles. The number of carbonyl (C=O) groups excluding carboxylic acids is 2. The molecule has 0 spiro atoms. The maximum absolute atomic E-state index is 13.6. The smallest absolute Gasteiger partial charge is 0.290 e. The Hall–Kier alpha value is -3.32. The van der Waals surface area contributed by atoms with Crippen LogP contribution >= 0.6 is 11.3 Å². The molecule has 5 nitrogen and oxygen atoms in total. The third kappa shape index (κ3) is 3.96. The SMILES string of the molecule is CCCCN1C(=O)C(O)=C(C(=O)c2sc(-c3ccccc3)nc2C)C1c1ccc(F)cc1. The molecule has 32 heavy (non-hydrogen) atoms. The van der Waals surface area contributed by atoms with Gasteiger partial charge in [0.15, 0.2) is 5.76 Å². The van der Waals surface area contributed by atoms with Crippen LogP contribution in [0.4, 0.5) is 4.39 Å². The lowest BCUT2D eigenvalue weighted by Gasteiger charge is -2.26. The van der Waals surface area contributed by atoms with Crippen LogP contribution in [0.2, 0.25) is 0 Å². The highest BCUT2D eigenvalue weighted by Crippen LogP contribution is 2.41. The van der Waals surface area contributed by atoms with E-state index >= 15 is 0 Å². The number of Topliss-reactive ketones (excluding diaryl/α,β-unsaturated/α-hetero) is 1. The van der Waals surface area contributed by atoms with E-state index in [0.717, 1.165) is 18.4 Å². The molecule has 2 heterocycles. The number of aryl methyl sites for hydroxylation is 1. The number of nitrogens with zero attached hydrogens (tertiary/aromatic N) is 2. The summed E-state index contributed by atoms with van der Waals surface area (Å²) in [7, 11) is 0. The molecule has 4 rings (SSSR count). The van der Waals surface area contributed by atoms with Gasteiger partial charge in [-0.15, -0.1) is 11.3 Å². The van der Waals surface area contributed by atoms with Crippen LogP contribution in [0.5, 0.6) is 0 Å². The predicted molar refractivity (Wildman–Crippen MR) is 122 cm³/mol. The van der Waals surface area contributed by atoms with Gasteiger partial charge in [0.05, 0.1) is 22.2 Å². The summed E-state index contributed by atoms with van der Waals surface area (Å²) in [6.07, 6.45) is 1.56. The van der Waals surface area contributed by atoms with Crippen molar-refractivity contribution in [2.24, 2.45) is 0 Å². The molecule has 1 aromatic heterocycles. The molecule has 1 aliphatic heterocycles. The quantitative estimate of drug-likeness (QED) is 0.473. The van der Waals surface area contributed by atoms with E-state index in [1.807, 2.05) is 37.3 Å². The molecule has 3 aromatic rings. The predicted octanol–water partition coefficient (Wildman–Crippen LogP) is 5.64. The standard InChI is InChI=1S/C25H23FN2O3S/c1-3-4-14-28-20(16-10-12-18(26)13-11-16)19(22(30)25(28)31)21(29)23-15(2)27-24(32-23)17-8-6-5-7-9-17/h5-13,20,30H,3-4,14H2,1-2H3. The van der Waals surface area contributed by atoms with Crippen molar-refractivity contribution in [1.29, 1.82) is 0 Å². The third-order valence-corrected chi connectivity index (χ3v) is 6.72. The number of aromatic nitrogens is 1. The van der Waals surface area contributed by atoms with Crippen LogP contribution in [-0.2, 0) is 4.79 Å². The molecular weight excluding hydrogens is 427 g/mol. The van der Waals surface area contributed by atoms with E-state index in [-0.39, 0.29) is 5.57 Å². The highest BCUT2D eigenvalue weighted by molar-refractivity contribution is 7.17. The Morgan fingerprint density at radius 2 is 1.84 bits per heavy atom. The Morgan fingerprint density at radius 3 is 2.50 bits per heavy atom. The average Bonchev–Trinajstić information content (AvgIpc) is 3.31. The zero-order valence-corrected chi connectivity index (χ0v) is 18.7. The van der Waals surface area contributed by atoms with Gasteiger partial charge in [-0.2, -0.15) is 0 Å². The van der Waals surface area contributed by atoms with Crippen LogP contribution in [0.15, 0.2) is 65.9 Å².